The Balaban J connectivity index is 1.67. The van der Waals surface area contributed by atoms with Crippen LogP contribution >= 0.6 is 0 Å². The van der Waals surface area contributed by atoms with Crippen LogP contribution in [0.3, 0.4) is 0 Å². The number of urea groups is 1. The summed E-state index contributed by atoms with van der Waals surface area (Å²) in [7, 11) is 0. The zero-order valence-corrected chi connectivity index (χ0v) is 14.3. The number of hydrogen-bond donors (Lipinski definition) is 1. The van der Waals surface area contributed by atoms with E-state index in [9.17, 15) is 14.0 Å². The molecule has 3 rings (SSSR count). The Hall–Kier alpha value is -2.89. The molecular weight excluding hydrogens is 321 g/mol. The summed E-state index contributed by atoms with van der Waals surface area (Å²) < 4.78 is 12.9. The molecule has 6 heteroatoms. The standard InChI is InChI=1S/C19H20FN3O2/c1-13-4-3-5-17(14(13)2)23-11-10-22(12-18(23)24)19(25)21-16-8-6-15(20)7-9-16/h3-9H,10-12H2,1-2H3,(H,21,25). The van der Waals surface area contributed by atoms with E-state index in [0.29, 0.717) is 18.8 Å². The van der Waals surface area contributed by atoms with Crippen LogP contribution in [0.5, 0.6) is 0 Å². The minimum Gasteiger partial charge on any atom is -0.313 e. The Labute approximate surface area is 146 Å². The van der Waals surface area contributed by atoms with E-state index in [1.807, 2.05) is 32.0 Å². The van der Waals surface area contributed by atoms with Crippen molar-refractivity contribution in [2.75, 3.05) is 29.9 Å². The maximum absolute atomic E-state index is 12.9. The molecule has 25 heavy (non-hydrogen) atoms. The number of anilines is 2. The number of nitrogens with one attached hydrogen (secondary N) is 1. The molecule has 1 fully saturated rings. The minimum absolute atomic E-state index is 0.0143. The van der Waals surface area contributed by atoms with Gasteiger partial charge in [-0.1, -0.05) is 12.1 Å². The number of nitrogens with zero attached hydrogens (tertiary/aromatic N) is 2. The van der Waals surface area contributed by atoms with Crippen LogP contribution in [-0.4, -0.2) is 36.5 Å². The van der Waals surface area contributed by atoms with Crippen LogP contribution in [0.2, 0.25) is 0 Å². The first kappa shape index (κ1) is 17.0. The Kier molecular flexibility index (Phi) is 4.70. The lowest BCUT2D eigenvalue weighted by Gasteiger charge is -2.35. The molecule has 130 valence electrons. The van der Waals surface area contributed by atoms with E-state index >= 15 is 0 Å². The smallest absolute Gasteiger partial charge is 0.313 e. The maximum atomic E-state index is 12.9. The average molecular weight is 341 g/mol. The third kappa shape index (κ3) is 3.63. The fraction of sp³-hybridized carbons (Fsp3) is 0.263. The number of amides is 3. The van der Waals surface area contributed by atoms with Gasteiger partial charge in [-0.05, 0) is 55.3 Å². The fourth-order valence-electron chi connectivity index (χ4n) is 2.87. The highest BCUT2D eigenvalue weighted by Crippen LogP contribution is 2.24. The van der Waals surface area contributed by atoms with Gasteiger partial charge in [-0.15, -0.1) is 0 Å². The molecular formula is C19H20FN3O2. The van der Waals surface area contributed by atoms with Gasteiger partial charge in [0.05, 0.1) is 0 Å². The van der Waals surface area contributed by atoms with Gasteiger partial charge in [0.2, 0.25) is 5.91 Å². The second-order valence-corrected chi connectivity index (χ2v) is 6.12. The van der Waals surface area contributed by atoms with Crippen molar-refractivity contribution in [1.82, 2.24) is 4.90 Å². The Morgan fingerprint density at radius 2 is 1.80 bits per heavy atom. The van der Waals surface area contributed by atoms with Gasteiger partial charge in [-0.2, -0.15) is 0 Å². The lowest BCUT2D eigenvalue weighted by molar-refractivity contribution is -0.120. The molecule has 0 bridgehead atoms. The summed E-state index contributed by atoms with van der Waals surface area (Å²) in [6, 6.07) is 11.0. The molecule has 1 heterocycles. The third-order valence-corrected chi connectivity index (χ3v) is 4.47. The van der Waals surface area contributed by atoms with Crippen LogP contribution in [0.4, 0.5) is 20.6 Å². The largest absolute Gasteiger partial charge is 0.322 e. The minimum atomic E-state index is -0.365. The van der Waals surface area contributed by atoms with E-state index < -0.39 is 0 Å². The molecule has 0 unspecified atom stereocenters. The van der Waals surface area contributed by atoms with Crippen LogP contribution in [-0.2, 0) is 4.79 Å². The summed E-state index contributed by atoms with van der Waals surface area (Å²) in [6.07, 6.45) is 0. The van der Waals surface area contributed by atoms with Crippen LogP contribution in [0.25, 0.3) is 0 Å². The number of piperazine rings is 1. The summed E-state index contributed by atoms with van der Waals surface area (Å²) in [5.74, 6) is -0.482. The molecule has 0 saturated carbocycles. The van der Waals surface area contributed by atoms with E-state index in [4.69, 9.17) is 0 Å². The topological polar surface area (TPSA) is 52.6 Å². The zero-order chi connectivity index (χ0) is 18.0. The van der Waals surface area contributed by atoms with Crippen LogP contribution in [0.15, 0.2) is 42.5 Å². The van der Waals surface area contributed by atoms with Crippen molar-refractivity contribution in [3.8, 4) is 0 Å². The van der Waals surface area contributed by atoms with Gasteiger partial charge in [0, 0.05) is 24.5 Å². The third-order valence-electron chi connectivity index (χ3n) is 4.47. The highest BCUT2D eigenvalue weighted by Gasteiger charge is 2.28. The molecule has 1 aliphatic heterocycles. The number of halogens is 1. The van der Waals surface area contributed by atoms with Gasteiger partial charge in [-0.25, -0.2) is 9.18 Å². The van der Waals surface area contributed by atoms with Gasteiger partial charge < -0.3 is 15.1 Å². The number of carbonyl (C=O) groups is 2. The van der Waals surface area contributed by atoms with Crippen LogP contribution < -0.4 is 10.2 Å². The maximum Gasteiger partial charge on any atom is 0.322 e. The highest BCUT2D eigenvalue weighted by molar-refractivity contribution is 6.00. The molecule has 3 amide bonds. The first-order valence-electron chi connectivity index (χ1n) is 8.14. The van der Waals surface area contributed by atoms with E-state index in [1.54, 1.807) is 4.90 Å². The SMILES string of the molecule is Cc1cccc(N2CCN(C(=O)Nc3ccc(F)cc3)CC2=O)c1C. The molecule has 1 aliphatic rings. The van der Waals surface area contributed by atoms with Gasteiger partial charge in [0.25, 0.3) is 0 Å². The number of hydrogen-bond acceptors (Lipinski definition) is 2. The summed E-state index contributed by atoms with van der Waals surface area (Å²) in [4.78, 5) is 28.0. The van der Waals surface area contributed by atoms with Crippen molar-refractivity contribution in [3.05, 3.63) is 59.4 Å². The van der Waals surface area contributed by atoms with E-state index in [1.165, 1.54) is 29.2 Å². The number of benzene rings is 2. The molecule has 5 nitrogen and oxygen atoms in total. The van der Waals surface area contributed by atoms with Crippen molar-refractivity contribution in [2.24, 2.45) is 0 Å². The lowest BCUT2D eigenvalue weighted by Crippen LogP contribution is -2.53. The quantitative estimate of drug-likeness (QED) is 0.911. The van der Waals surface area contributed by atoms with E-state index in [2.05, 4.69) is 5.32 Å². The molecule has 1 saturated heterocycles. The molecule has 2 aromatic carbocycles. The summed E-state index contributed by atoms with van der Waals surface area (Å²) >= 11 is 0. The van der Waals surface area contributed by atoms with E-state index in [0.717, 1.165) is 16.8 Å². The zero-order valence-electron chi connectivity index (χ0n) is 14.3. The van der Waals surface area contributed by atoms with Crippen molar-refractivity contribution >= 4 is 23.3 Å². The molecule has 0 aromatic heterocycles. The molecule has 0 atom stereocenters. The summed E-state index contributed by atoms with van der Waals surface area (Å²) in [6.45, 7) is 4.90. The lowest BCUT2D eigenvalue weighted by atomic mass is 10.1. The normalized spacial score (nSPS) is 14.6. The van der Waals surface area contributed by atoms with Crippen molar-refractivity contribution in [2.45, 2.75) is 13.8 Å². The molecule has 0 aliphatic carbocycles. The van der Waals surface area contributed by atoms with Gasteiger partial charge in [0.1, 0.15) is 12.4 Å². The van der Waals surface area contributed by atoms with Crippen molar-refractivity contribution in [3.63, 3.8) is 0 Å². The van der Waals surface area contributed by atoms with Crippen molar-refractivity contribution < 1.29 is 14.0 Å². The molecule has 0 spiro atoms. The first-order chi connectivity index (χ1) is 12.0. The monoisotopic (exact) mass is 341 g/mol. The summed E-state index contributed by atoms with van der Waals surface area (Å²) in [5, 5.41) is 2.68. The summed E-state index contributed by atoms with van der Waals surface area (Å²) in [5.41, 5.74) is 3.58. The number of carbonyl (C=O) groups excluding carboxylic acids is 2. The average Bonchev–Trinajstić information content (AvgIpc) is 2.59. The molecule has 1 N–H and O–H groups in total. The number of rotatable bonds is 2. The van der Waals surface area contributed by atoms with Crippen LogP contribution in [0, 0.1) is 19.7 Å². The predicted octanol–water partition coefficient (Wildman–Crippen LogP) is 3.32. The van der Waals surface area contributed by atoms with Crippen molar-refractivity contribution in [1.29, 1.82) is 0 Å². The fourth-order valence-corrected chi connectivity index (χ4v) is 2.87. The molecule has 2 aromatic rings. The van der Waals surface area contributed by atoms with Gasteiger partial charge in [0.15, 0.2) is 0 Å². The first-order valence-corrected chi connectivity index (χ1v) is 8.14. The van der Waals surface area contributed by atoms with Gasteiger partial charge >= 0.3 is 6.03 Å². The highest BCUT2D eigenvalue weighted by atomic mass is 19.1. The Morgan fingerprint density at radius 1 is 1.08 bits per heavy atom. The predicted molar refractivity (Wildman–Crippen MR) is 95.3 cm³/mol. The second kappa shape index (κ2) is 6.93. The molecule has 0 radical (unpaired) electrons. The Bertz CT molecular complexity index is 805. The number of aryl methyl sites for hydroxylation is 1. The van der Waals surface area contributed by atoms with Gasteiger partial charge in [-0.3, -0.25) is 4.79 Å². The second-order valence-electron chi connectivity index (χ2n) is 6.12. The van der Waals surface area contributed by atoms with Crippen LogP contribution in [0.1, 0.15) is 11.1 Å². The van der Waals surface area contributed by atoms with E-state index in [-0.39, 0.29) is 24.3 Å². The Morgan fingerprint density at radius 3 is 2.48 bits per heavy atom.